The summed E-state index contributed by atoms with van der Waals surface area (Å²) >= 11 is 0. The Hall–Kier alpha value is -4.41. The van der Waals surface area contributed by atoms with E-state index in [1.807, 2.05) is 0 Å². The van der Waals surface area contributed by atoms with E-state index < -0.39 is 35.7 Å². The second-order valence-corrected chi connectivity index (χ2v) is 8.16. The van der Waals surface area contributed by atoms with Gasteiger partial charge >= 0.3 is 18.2 Å². The SMILES string of the molecule is O=C(O)c1ccc(-c2ccc(NC(=O)C3CCCN3C(=O)Nc3ccc(C(F)(F)F)cc3)nc2)cc1. The van der Waals surface area contributed by atoms with E-state index >= 15 is 0 Å². The van der Waals surface area contributed by atoms with Gasteiger partial charge in [-0.05, 0) is 66.9 Å². The number of hydrogen-bond donors (Lipinski definition) is 3. The van der Waals surface area contributed by atoms with Crippen LogP contribution in [0.3, 0.4) is 0 Å². The topological polar surface area (TPSA) is 112 Å². The van der Waals surface area contributed by atoms with Crippen molar-refractivity contribution >= 4 is 29.4 Å². The fraction of sp³-hybridized carbons (Fsp3) is 0.200. The third-order valence-electron chi connectivity index (χ3n) is 5.76. The minimum absolute atomic E-state index is 0.166. The highest BCUT2D eigenvalue weighted by molar-refractivity contribution is 5.99. The van der Waals surface area contributed by atoms with Gasteiger partial charge in [0.15, 0.2) is 0 Å². The number of aromatic nitrogens is 1. The predicted molar refractivity (Wildman–Crippen MR) is 125 cm³/mol. The number of nitrogens with one attached hydrogen (secondary N) is 2. The Bertz CT molecular complexity index is 1260. The number of hydrogen-bond acceptors (Lipinski definition) is 4. The van der Waals surface area contributed by atoms with Gasteiger partial charge < -0.3 is 20.6 Å². The van der Waals surface area contributed by atoms with Gasteiger partial charge in [0.1, 0.15) is 11.9 Å². The van der Waals surface area contributed by atoms with E-state index in [1.165, 1.54) is 23.2 Å². The van der Waals surface area contributed by atoms with Crippen LogP contribution in [0.5, 0.6) is 0 Å². The molecule has 1 aromatic heterocycles. The number of aromatic carboxylic acids is 1. The first-order valence-electron chi connectivity index (χ1n) is 11.0. The zero-order valence-corrected chi connectivity index (χ0v) is 18.7. The van der Waals surface area contributed by atoms with Crippen LogP contribution >= 0.6 is 0 Å². The molecule has 2 heterocycles. The summed E-state index contributed by atoms with van der Waals surface area (Å²) in [6.07, 6.45) is -1.91. The van der Waals surface area contributed by atoms with Crippen LogP contribution in [0.4, 0.5) is 29.5 Å². The zero-order chi connectivity index (χ0) is 25.9. The molecule has 3 N–H and O–H groups in total. The summed E-state index contributed by atoms with van der Waals surface area (Å²) in [5.41, 5.74) is 1.01. The quantitative estimate of drug-likeness (QED) is 0.453. The lowest BCUT2D eigenvalue weighted by atomic mass is 10.1. The van der Waals surface area contributed by atoms with Gasteiger partial charge in [0.2, 0.25) is 5.91 Å². The van der Waals surface area contributed by atoms with Gasteiger partial charge in [-0.25, -0.2) is 14.6 Å². The van der Waals surface area contributed by atoms with Gasteiger partial charge in [-0.3, -0.25) is 4.79 Å². The predicted octanol–water partition coefficient (Wildman–Crippen LogP) is 5.10. The minimum atomic E-state index is -4.47. The number of benzene rings is 2. The second kappa shape index (κ2) is 10.1. The second-order valence-electron chi connectivity index (χ2n) is 8.16. The summed E-state index contributed by atoms with van der Waals surface area (Å²) in [7, 11) is 0. The standard InChI is InChI=1S/C25H21F3N4O4/c26-25(27,28)18-8-10-19(11-9-18)30-24(36)32-13-1-2-20(32)22(33)31-21-12-7-17(14-29-21)15-3-5-16(6-4-15)23(34)35/h3-12,14,20H,1-2,13H2,(H,30,36)(H,34,35)(H,29,31,33). The molecule has 11 heteroatoms. The fourth-order valence-electron chi connectivity index (χ4n) is 3.87. The van der Waals surface area contributed by atoms with Crippen molar-refractivity contribution in [3.05, 3.63) is 78.0 Å². The molecule has 0 spiro atoms. The van der Waals surface area contributed by atoms with Crippen molar-refractivity contribution in [1.82, 2.24) is 9.88 Å². The number of carbonyl (C=O) groups excluding carboxylic acids is 2. The molecule has 4 rings (SSSR count). The molecule has 1 unspecified atom stereocenters. The molecule has 3 amide bonds. The lowest BCUT2D eigenvalue weighted by molar-refractivity contribution is -0.137. The van der Waals surface area contributed by atoms with Gasteiger partial charge in [0, 0.05) is 24.0 Å². The van der Waals surface area contributed by atoms with Crippen LogP contribution in [0.1, 0.15) is 28.8 Å². The molecule has 1 aliphatic rings. The highest BCUT2D eigenvalue weighted by Crippen LogP contribution is 2.30. The normalized spacial score (nSPS) is 15.4. The van der Waals surface area contributed by atoms with E-state index in [0.29, 0.717) is 19.4 Å². The van der Waals surface area contributed by atoms with E-state index in [2.05, 4.69) is 15.6 Å². The fourth-order valence-corrected chi connectivity index (χ4v) is 3.87. The average molecular weight is 498 g/mol. The van der Waals surface area contributed by atoms with Crippen LogP contribution in [0.2, 0.25) is 0 Å². The number of carboxylic acid groups (broad SMARTS) is 1. The van der Waals surface area contributed by atoms with Gasteiger partial charge in [-0.15, -0.1) is 0 Å². The van der Waals surface area contributed by atoms with Gasteiger partial charge in [0.05, 0.1) is 11.1 Å². The molecule has 0 radical (unpaired) electrons. The molecular weight excluding hydrogens is 477 g/mol. The Kier molecular flexibility index (Phi) is 6.91. The number of likely N-dealkylation sites (tertiary alicyclic amines) is 1. The maximum atomic E-state index is 12.8. The summed E-state index contributed by atoms with van der Waals surface area (Å²) in [5.74, 6) is -1.17. The number of pyridine rings is 1. The molecule has 3 aromatic rings. The number of rotatable bonds is 5. The van der Waals surface area contributed by atoms with E-state index in [1.54, 1.807) is 24.3 Å². The summed E-state index contributed by atoms with van der Waals surface area (Å²) in [6, 6.07) is 12.3. The molecule has 36 heavy (non-hydrogen) atoms. The lowest BCUT2D eigenvalue weighted by Crippen LogP contribution is -2.45. The van der Waals surface area contributed by atoms with Crippen LogP contribution < -0.4 is 10.6 Å². The molecule has 1 fully saturated rings. The highest BCUT2D eigenvalue weighted by atomic mass is 19.4. The van der Waals surface area contributed by atoms with Gasteiger partial charge in [0.25, 0.3) is 0 Å². The van der Waals surface area contributed by atoms with Crippen LogP contribution in [-0.4, -0.2) is 45.5 Å². The summed E-state index contributed by atoms with van der Waals surface area (Å²) in [6.45, 7) is 0.323. The highest BCUT2D eigenvalue weighted by Gasteiger charge is 2.35. The molecular formula is C25H21F3N4O4. The number of alkyl halides is 3. The van der Waals surface area contributed by atoms with Crippen molar-refractivity contribution in [1.29, 1.82) is 0 Å². The maximum Gasteiger partial charge on any atom is 0.416 e. The van der Waals surface area contributed by atoms with Crippen molar-refractivity contribution < 1.29 is 32.7 Å². The van der Waals surface area contributed by atoms with Gasteiger partial charge in [-0.1, -0.05) is 12.1 Å². The van der Waals surface area contributed by atoms with E-state index in [9.17, 15) is 27.6 Å². The molecule has 186 valence electrons. The first-order valence-corrected chi connectivity index (χ1v) is 11.0. The van der Waals surface area contributed by atoms with Crippen LogP contribution in [0.25, 0.3) is 11.1 Å². The third-order valence-corrected chi connectivity index (χ3v) is 5.76. The molecule has 1 atom stereocenters. The molecule has 0 aliphatic carbocycles. The number of urea groups is 1. The molecule has 1 aliphatic heterocycles. The Labute approximate surface area is 203 Å². The van der Waals surface area contributed by atoms with Crippen LogP contribution in [0, 0.1) is 0 Å². The molecule has 0 bridgehead atoms. The first kappa shape index (κ1) is 24.7. The molecule has 8 nitrogen and oxygen atoms in total. The number of halogens is 3. The minimum Gasteiger partial charge on any atom is -0.478 e. The van der Waals surface area contributed by atoms with Crippen molar-refractivity contribution in [2.75, 3.05) is 17.2 Å². The summed E-state index contributed by atoms with van der Waals surface area (Å²) in [4.78, 5) is 42.1. The van der Waals surface area contributed by atoms with E-state index in [0.717, 1.165) is 35.4 Å². The number of amides is 3. The van der Waals surface area contributed by atoms with Crippen molar-refractivity contribution in [3.63, 3.8) is 0 Å². The Balaban J connectivity index is 1.37. The van der Waals surface area contributed by atoms with Crippen LogP contribution in [-0.2, 0) is 11.0 Å². The van der Waals surface area contributed by atoms with E-state index in [-0.39, 0.29) is 17.1 Å². The number of anilines is 2. The monoisotopic (exact) mass is 498 g/mol. The molecule has 0 saturated carbocycles. The average Bonchev–Trinajstić information content (AvgIpc) is 3.35. The van der Waals surface area contributed by atoms with Crippen molar-refractivity contribution in [2.24, 2.45) is 0 Å². The number of nitrogens with zero attached hydrogens (tertiary/aromatic N) is 2. The van der Waals surface area contributed by atoms with E-state index in [4.69, 9.17) is 5.11 Å². The Morgan fingerprint density at radius 2 is 1.58 bits per heavy atom. The lowest BCUT2D eigenvalue weighted by Gasteiger charge is -2.24. The number of carbonyl (C=O) groups is 3. The third kappa shape index (κ3) is 5.62. The Morgan fingerprint density at radius 3 is 2.17 bits per heavy atom. The number of carboxylic acids is 1. The van der Waals surface area contributed by atoms with Crippen LogP contribution in [0.15, 0.2) is 66.9 Å². The maximum absolute atomic E-state index is 12.8. The largest absolute Gasteiger partial charge is 0.478 e. The Morgan fingerprint density at radius 1 is 0.917 bits per heavy atom. The molecule has 2 aromatic carbocycles. The molecule has 1 saturated heterocycles. The summed E-state index contributed by atoms with van der Waals surface area (Å²) in [5, 5.41) is 14.2. The zero-order valence-electron chi connectivity index (χ0n) is 18.7. The van der Waals surface area contributed by atoms with Gasteiger partial charge in [-0.2, -0.15) is 13.2 Å². The van der Waals surface area contributed by atoms with Crippen molar-refractivity contribution in [3.8, 4) is 11.1 Å². The summed E-state index contributed by atoms with van der Waals surface area (Å²) < 4.78 is 38.2. The first-order chi connectivity index (χ1) is 17.1. The van der Waals surface area contributed by atoms with Crippen molar-refractivity contribution in [2.45, 2.75) is 25.1 Å². The smallest absolute Gasteiger partial charge is 0.416 e.